The molecule has 2 aromatic heterocycles. The molecule has 0 aromatic carbocycles. The highest BCUT2D eigenvalue weighted by atomic mass is 32.2. The number of rotatable bonds is 7. The van der Waals surface area contributed by atoms with E-state index in [2.05, 4.69) is 37.0 Å². The molecule has 9 heteroatoms. The van der Waals surface area contributed by atoms with Gasteiger partial charge in [-0.15, -0.1) is 0 Å². The molecule has 3 N–H and O–H groups in total. The predicted molar refractivity (Wildman–Crippen MR) is 117 cm³/mol. The van der Waals surface area contributed by atoms with Crippen molar-refractivity contribution >= 4 is 34.9 Å². The summed E-state index contributed by atoms with van der Waals surface area (Å²) in [5.41, 5.74) is 1.72. The van der Waals surface area contributed by atoms with Gasteiger partial charge in [-0.05, 0) is 61.7 Å². The lowest BCUT2D eigenvalue weighted by molar-refractivity contribution is -0.115. The Morgan fingerprint density at radius 3 is 2.63 bits per heavy atom. The van der Waals surface area contributed by atoms with Crippen LogP contribution in [0.3, 0.4) is 0 Å². The largest absolute Gasteiger partial charge is 0.351 e. The summed E-state index contributed by atoms with van der Waals surface area (Å²) in [6.45, 7) is 0.938. The number of carbonyl (C=O) groups excluding carboxylic acids is 2. The molecule has 3 heterocycles. The van der Waals surface area contributed by atoms with E-state index in [1.165, 1.54) is 0 Å². The standard InChI is InChI=1S/C21H24N6O2S/c28-19-18(30-21(29)27-19)13-17-9-12-24-20(26-17)25-16-6-4-15(5-7-16)23-11-8-14-3-1-2-10-22-14/h1-3,9-10,12-13,15-16,23H,4-8,11H2,(H,24,25,26)(H,27,28,29)/b18-13+. The van der Waals surface area contributed by atoms with Crippen LogP contribution in [-0.4, -0.2) is 44.7 Å². The molecule has 0 atom stereocenters. The zero-order chi connectivity index (χ0) is 20.8. The fourth-order valence-electron chi connectivity index (χ4n) is 3.65. The third kappa shape index (κ3) is 5.64. The van der Waals surface area contributed by atoms with Crippen molar-refractivity contribution < 1.29 is 9.59 Å². The number of hydrogen-bond donors (Lipinski definition) is 3. The van der Waals surface area contributed by atoms with Crippen molar-refractivity contribution in [2.45, 2.75) is 44.2 Å². The van der Waals surface area contributed by atoms with Gasteiger partial charge >= 0.3 is 0 Å². The molecule has 2 fully saturated rings. The summed E-state index contributed by atoms with van der Waals surface area (Å²) in [6, 6.07) is 8.59. The molecule has 1 aliphatic carbocycles. The minimum atomic E-state index is -0.382. The number of nitrogens with zero attached hydrogens (tertiary/aromatic N) is 3. The number of thioether (sulfide) groups is 1. The van der Waals surface area contributed by atoms with E-state index >= 15 is 0 Å². The van der Waals surface area contributed by atoms with Crippen LogP contribution in [-0.2, 0) is 11.2 Å². The van der Waals surface area contributed by atoms with Gasteiger partial charge in [0.05, 0.1) is 10.6 Å². The van der Waals surface area contributed by atoms with Crippen LogP contribution in [0.25, 0.3) is 6.08 Å². The number of pyridine rings is 1. The van der Waals surface area contributed by atoms with Crippen molar-refractivity contribution in [1.82, 2.24) is 25.6 Å². The quantitative estimate of drug-likeness (QED) is 0.582. The van der Waals surface area contributed by atoms with Crippen molar-refractivity contribution in [2.75, 3.05) is 11.9 Å². The summed E-state index contributed by atoms with van der Waals surface area (Å²) < 4.78 is 0. The molecule has 0 unspecified atom stereocenters. The summed E-state index contributed by atoms with van der Waals surface area (Å²) in [4.78, 5) is 36.4. The van der Waals surface area contributed by atoms with E-state index in [1.807, 2.05) is 18.3 Å². The first-order valence-corrected chi connectivity index (χ1v) is 10.9. The minimum absolute atomic E-state index is 0.326. The molecule has 2 aliphatic rings. The topological polar surface area (TPSA) is 109 Å². The highest BCUT2D eigenvalue weighted by Crippen LogP contribution is 2.25. The van der Waals surface area contributed by atoms with Gasteiger partial charge in [0.25, 0.3) is 11.1 Å². The monoisotopic (exact) mass is 424 g/mol. The number of hydrogen-bond acceptors (Lipinski definition) is 8. The van der Waals surface area contributed by atoms with Gasteiger partial charge in [0.2, 0.25) is 5.95 Å². The molecule has 1 aliphatic heterocycles. The maximum atomic E-state index is 11.7. The summed E-state index contributed by atoms with van der Waals surface area (Å²) in [5, 5.41) is 8.93. The summed E-state index contributed by atoms with van der Waals surface area (Å²) >= 11 is 0.885. The van der Waals surface area contributed by atoms with Crippen LogP contribution in [0.2, 0.25) is 0 Å². The van der Waals surface area contributed by atoms with Crippen molar-refractivity contribution in [3.63, 3.8) is 0 Å². The highest BCUT2D eigenvalue weighted by Gasteiger charge is 2.25. The molecule has 4 rings (SSSR count). The molecule has 1 saturated heterocycles. The number of imide groups is 1. The predicted octanol–water partition coefficient (Wildman–Crippen LogP) is 2.75. The molecule has 1 saturated carbocycles. The Balaban J connectivity index is 1.24. The van der Waals surface area contributed by atoms with E-state index in [-0.39, 0.29) is 11.1 Å². The summed E-state index contributed by atoms with van der Waals surface area (Å²) in [7, 11) is 0. The van der Waals surface area contributed by atoms with Crippen LogP contribution >= 0.6 is 11.8 Å². The maximum Gasteiger partial charge on any atom is 0.290 e. The Bertz CT molecular complexity index is 928. The normalized spacial score (nSPS) is 22.9. The number of anilines is 1. The van der Waals surface area contributed by atoms with E-state index in [1.54, 1.807) is 18.3 Å². The van der Waals surface area contributed by atoms with Gasteiger partial charge in [-0.3, -0.25) is 19.9 Å². The molecule has 156 valence electrons. The second kappa shape index (κ2) is 9.82. The number of amides is 2. The zero-order valence-electron chi connectivity index (χ0n) is 16.5. The molecular weight excluding hydrogens is 400 g/mol. The Morgan fingerprint density at radius 1 is 1.07 bits per heavy atom. The van der Waals surface area contributed by atoms with Crippen LogP contribution in [0.4, 0.5) is 10.7 Å². The first kappa shape index (κ1) is 20.5. The average Bonchev–Trinajstić information content (AvgIpc) is 3.07. The molecule has 0 bridgehead atoms. The van der Waals surface area contributed by atoms with Gasteiger partial charge in [-0.25, -0.2) is 9.97 Å². The van der Waals surface area contributed by atoms with Crippen LogP contribution in [0.15, 0.2) is 41.6 Å². The van der Waals surface area contributed by atoms with E-state index < -0.39 is 0 Å². The third-order valence-electron chi connectivity index (χ3n) is 5.20. The Hall–Kier alpha value is -2.78. The second-order valence-corrected chi connectivity index (χ2v) is 8.39. The van der Waals surface area contributed by atoms with Crippen LogP contribution < -0.4 is 16.0 Å². The van der Waals surface area contributed by atoms with E-state index in [4.69, 9.17) is 0 Å². The van der Waals surface area contributed by atoms with Gasteiger partial charge in [0.15, 0.2) is 0 Å². The van der Waals surface area contributed by atoms with Crippen molar-refractivity contribution in [3.05, 3.63) is 53.0 Å². The second-order valence-electron chi connectivity index (χ2n) is 7.38. The lowest BCUT2D eigenvalue weighted by Crippen LogP contribution is -2.38. The zero-order valence-corrected chi connectivity index (χ0v) is 17.3. The fourth-order valence-corrected chi connectivity index (χ4v) is 4.32. The lowest BCUT2D eigenvalue weighted by Gasteiger charge is -2.29. The number of aromatic nitrogens is 3. The van der Waals surface area contributed by atoms with Gasteiger partial charge in [-0.2, -0.15) is 0 Å². The summed E-state index contributed by atoms with van der Waals surface area (Å²) in [6.07, 6.45) is 10.3. The molecule has 2 aromatic rings. The van der Waals surface area contributed by atoms with Gasteiger partial charge in [0.1, 0.15) is 0 Å². The number of nitrogens with one attached hydrogen (secondary N) is 3. The lowest BCUT2D eigenvalue weighted by atomic mass is 9.91. The Morgan fingerprint density at radius 2 is 1.90 bits per heavy atom. The molecule has 30 heavy (non-hydrogen) atoms. The fraction of sp³-hybridized carbons (Fsp3) is 0.381. The van der Waals surface area contributed by atoms with E-state index in [0.29, 0.717) is 28.6 Å². The molecule has 0 spiro atoms. The molecule has 2 amide bonds. The molecule has 8 nitrogen and oxygen atoms in total. The average molecular weight is 425 g/mol. The van der Waals surface area contributed by atoms with Crippen LogP contribution in [0, 0.1) is 0 Å². The smallest absolute Gasteiger partial charge is 0.290 e. The van der Waals surface area contributed by atoms with E-state index in [9.17, 15) is 9.59 Å². The first-order chi connectivity index (χ1) is 14.7. The van der Waals surface area contributed by atoms with Crippen LogP contribution in [0.5, 0.6) is 0 Å². The SMILES string of the molecule is O=C1NC(=O)/C(=C\c2ccnc(NC3CCC(NCCc4ccccn4)CC3)n2)S1. The van der Waals surface area contributed by atoms with Crippen molar-refractivity contribution in [3.8, 4) is 0 Å². The maximum absolute atomic E-state index is 11.7. The first-order valence-electron chi connectivity index (χ1n) is 10.1. The molecular formula is C21H24N6O2S. The Labute approximate surface area is 179 Å². The minimum Gasteiger partial charge on any atom is -0.351 e. The van der Waals surface area contributed by atoms with Gasteiger partial charge in [0, 0.05) is 43.1 Å². The molecule has 0 radical (unpaired) electrons. The van der Waals surface area contributed by atoms with Gasteiger partial charge < -0.3 is 10.6 Å². The van der Waals surface area contributed by atoms with Crippen molar-refractivity contribution in [1.29, 1.82) is 0 Å². The summed E-state index contributed by atoms with van der Waals surface area (Å²) in [5.74, 6) is 0.164. The highest BCUT2D eigenvalue weighted by molar-refractivity contribution is 8.18. The van der Waals surface area contributed by atoms with Crippen molar-refractivity contribution in [2.24, 2.45) is 0 Å². The number of carbonyl (C=O) groups is 2. The van der Waals surface area contributed by atoms with E-state index in [0.717, 1.165) is 56.1 Å². The third-order valence-corrected chi connectivity index (χ3v) is 6.01. The van der Waals surface area contributed by atoms with Crippen LogP contribution in [0.1, 0.15) is 37.1 Å². The van der Waals surface area contributed by atoms with Gasteiger partial charge in [-0.1, -0.05) is 6.07 Å². The Kier molecular flexibility index (Phi) is 6.70.